The Morgan fingerprint density at radius 3 is 1.48 bits per heavy atom. The molecule has 0 saturated heterocycles. The molecule has 3 rings (SSSR count). The third-order valence-corrected chi connectivity index (χ3v) is 4.22. The molecule has 0 radical (unpaired) electrons. The Bertz CT molecular complexity index is 917. The number of aliphatic carboxylic acids is 2. The largest absolute Gasteiger partial charge is 0.481 e. The van der Waals surface area contributed by atoms with Crippen molar-refractivity contribution in [3.8, 4) is 11.1 Å². The Morgan fingerprint density at radius 2 is 1.07 bits per heavy atom. The second-order valence-corrected chi connectivity index (χ2v) is 6.76. The Kier molecular flexibility index (Phi) is 7.98. The number of carboxylic acids is 2. The molecule has 0 aromatic heterocycles. The fourth-order valence-corrected chi connectivity index (χ4v) is 2.71. The summed E-state index contributed by atoms with van der Waals surface area (Å²) >= 11 is 0. The molecule has 0 unspecified atom stereocenters. The summed E-state index contributed by atoms with van der Waals surface area (Å²) < 4.78 is 0. The Hall–Kier alpha value is -3.60. The van der Waals surface area contributed by atoms with E-state index in [-0.39, 0.29) is 12.8 Å². The number of rotatable bonds is 6. The lowest BCUT2D eigenvalue weighted by Crippen LogP contribution is -2.08. The molecule has 0 fully saturated rings. The van der Waals surface area contributed by atoms with Crippen LogP contribution in [0.4, 0.5) is 5.69 Å². The number of hydrogen-bond acceptors (Lipinski definition) is 3. The van der Waals surface area contributed by atoms with Gasteiger partial charge in [0.05, 0.1) is 12.8 Å². The molecule has 3 aromatic carbocycles. The average molecular weight is 391 g/mol. The second kappa shape index (κ2) is 10.7. The van der Waals surface area contributed by atoms with E-state index < -0.39 is 11.9 Å². The molecule has 5 heteroatoms. The third kappa shape index (κ3) is 7.50. The zero-order valence-corrected chi connectivity index (χ0v) is 16.6. The van der Waals surface area contributed by atoms with Gasteiger partial charge in [0.2, 0.25) is 0 Å². The first-order chi connectivity index (χ1) is 13.8. The summed E-state index contributed by atoms with van der Waals surface area (Å²) in [5, 5.41) is 17.2. The molecule has 29 heavy (non-hydrogen) atoms. The zero-order valence-electron chi connectivity index (χ0n) is 16.6. The van der Waals surface area contributed by atoms with Gasteiger partial charge >= 0.3 is 11.9 Å². The first kappa shape index (κ1) is 21.7. The van der Waals surface area contributed by atoms with Crippen LogP contribution in [0.15, 0.2) is 78.9 Å². The van der Waals surface area contributed by atoms with E-state index in [1.165, 1.54) is 0 Å². The van der Waals surface area contributed by atoms with E-state index >= 15 is 0 Å². The maximum Gasteiger partial charge on any atom is 0.307 e. The lowest BCUT2D eigenvalue weighted by atomic mass is 10.0. The summed E-state index contributed by atoms with van der Waals surface area (Å²) in [4.78, 5) is 22.9. The van der Waals surface area contributed by atoms with Crippen LogP contribution in [0.3, 0.4) is 0 Å². The van der Waals surface area contributed by atoms with Gasteiger partial charge in [-0.05, 0) is 34.4 Å². The first-order valence-electron chi connectivity index (χ1n) is 9.19. The lowest BCUT2D eigenvalue weighted by molar-refractivity contribution is -0.137. The van der Waals surface area contributed by atoms with Gasteiger partial charge in [-0.1, -0.05) is 66.7 Å². The summed E-state index contributed by atoms with van der Waals surface area (Å²) in [6.45, 7) is 0. The van der Waals surface area contributed by atoms with Crippen molar-refractivity contribution in [2.75, 3.05) is 19.0 Å². The normalized spacial score (nSPS) is 9.86. The van der Waals surface area contributed by atoms with Gasteiger partial charge in [-0.3, -0.25) is 9.59 Å². The zero-order chi connectivity index (χ0) is 21.2. The van der Waals surface area contributed by atoms with Gasteiger partial charge in [0.25, 0.3) is 0 Å². The van der Waals surface area contributed by atoms with Crippen LogP contribution in [0.2, 0.25) is 0 Å². The van der Waals surface area contributed by atoms with Gasteiger partial charge in [0.15, 0.2) is 0 Å². The van der Waals surface area contributed by atoms with Crippen LogP contribution >= 0.6 is 0 Å². The van der Waals surface area contributed by atoms with Crippen molar-refractivity contribution >= 4 is 17.6 Å². The van der Waals surface area contributed by atoms with Crippen molar-refractivity contribution in [2.24, 2.45) is 0 Å². The van der Waals surface area contributed by atoms with E-state index in [0.29, 0.717) is 0 Å². The fourth-order valence-electron chi connectivity index (χ4n) is 2.71. The van der Waals surface area contributed by atoms with Gasteiger partial charge in [0.1, 0.15) is 0 Å². The van der Waals surface area contributed by atoms with Crippen LogP contribution in [-0.2, 0) is 22.4 Å². The maximum absolute atomic E-state index is 10.5. The van der Waals surface area contributed by atoms with Crippen molar-refractivity contribution in [3.05, 3.63) is 90.0 Å². The second-order valence-electron chi connectivity index (χ2n) is 6.76. The molecule has 3 aromatic rings. The quantitative estimate of drug-likeness (QED) is 0.653. The van der Waals surface area contributed by atoms with E-state index in [0.717, 1.165) is 27.9 Å². The molecule has 0 spiro atoms. The lowest BCUT2D eigenvalue weighted by Gasteiger charge is -2.12. The highest BCUT2D eigenvalue weighted by Gasteiger charge is 2.01. The summed E-state index contributed by atoms with van der Waals surface area (Å²) in [6, 6.07) is 25.1. The fraction of sp³-hybridized carbons (Fsp3) is 0.167. The van der Waals surface area contributed by atoms with Gasteiger partial charge < -0.3 is 15.1 Å². The number of hydrogen-bond donors (Lipinski definition) is 2. The standard InChI is InChI=1S/C14H12O2.C10H13NO2/c15-14(16)10-11-6-8-13(9-7-11)12-4-2-1-3-5-12;1-11(2)9-5-3-8(4-6-9)7-10(12)13/h1-9H,10H2,(H,15,16);3-6H,7H2,1-2H3,(H,12,13). The molecule has 0 aliphatic heterocycles. The molecule has 0 saturated carbocycles. The molecule has 0 aliphatic rings. The number of anilines is 1. The van der Waals surface area contributed by atoms with Crippen molar-refractivity contribution in [2.45, 2.75) is 12.8 Å². The number of nitrogens with zero attached hydrogens (tertiary/aromatic N) is 1. The van der Waals surface area contributed by atoms with Crippen LogP contribution < -0.4 is 4.90 Å². The number of carboxylic acid groups (broad SMARTS) is 2. The van der Waals surface area contributed by atoms with E-state index in [2.05, 4.69) is 0 Å². The molecule has 150 valence electrons. The number of benzene rings is 3. The highest BCUT2D eigenvalue weighted by atomic mass is 16.4. The van der Waals surface area contributed by atoms with Crippen LogP contribution in [0, 0.1) is 0 Å². The molecule has 5 nitrogen and oxygen atoms in total. The summed E-state index contributed by atoms with van der Waals surface area (Å²) in [7, 11) is 3.90. The van der Waals surface area contributed by atoms with Gasteiger partial charge in [-0.15, -0.1) is 0 Å². The Labute approximate surface area is 170 Å². The maximum atomic E-state index is 10.5. The Morgan fingerprint density at radius 1 is 0.655 bits per heavy atom. The summed E-state index contributed by atoms with van der Waals surface area (Å²) in [6.07, 6.45) is 0.169. The molecule has 0 bridgehead atoms. The molecule has 0 aliphatic carbocycles. The van der Waals surface area contributed by atoms with Crippen LogP contribution in [0.25, 0.3) is 11.1 Å². The summed E-state index contributed by atoms with van der Waals surface area (Å²) in [5.74, 6) is -1.59. The van der Waals surface area contributed by atoms with E-state index in [4.69, 9.17) is 10.2 Å². The SMILES string of the molecule is CN(C)c1ccc(CC(=O)O)cc1.O=C(O)Cc1ccc(-c2ccccc2)cc1. The minimum Gasteiger partial charge on any atom is -0.481 e. The van der Waals surface area contributed by atoms with Crippen molar-refractivity contribution < 1.29 is 19.8 Å². The van der Waals surface area contributed by atoms with Crippen molar-refractivity contribution in [3.63, 3.8) is 0 Å². The Balaban J connectivity index is 0.000000212. The first-order valence-corrected chi connectivity index (χ1v) is 9.19. The molecular formula is C24H25NO4. The predicted molar refractivity (Wildman–Crippen MR) is 115 cm³/mol. The molecule has 0 heterocycles. The molecule has 0 amide bonds. The van der Waals surface area contributed by atoms with E-state index in [1.807, 2.05) is 97.9 Å². The van der Waals surface area contributed by atoms with Gasteiger partial charge in [0, 0.05) is 19.8 Å². The third-order valence-electron chi connectivity index (χ3n) is 4.22. The average Bonchev–Trinajstić information content (AvgIpc) is 2.69. The molecule has 0 atom stereocenters. The smallest absolute Gasteiger partial charge is 0.307 e. The topological polar surface area (TPSA) is 77.8 Å². The van der Waals surface area contributed by atoms with Gasteiger partial charge in [-0.25, -0.2) is 0 Å². The van der Waals surface area contributed by atoms with Crippen molar-refractivity contribution in [1.29, 1.82) is 0 Å². The van der Waals surface area contributed by atoms with Crippen LogP contribution in [-0.4, -0.2) is 36.2 Å². The van der Waals surface area contributed by atoms with Crippen LogP contribution in [0.1, 0.15) is 11.1 Å². The van der Waals surface area contributed by atoms with Crippen molar-refractivity contribution in [1.82, 2.24) is 0 Å². The molecule has 2 N–H and O–H groups in total. The minimum atomic E-state index is -0.799. The van der Waals surface area contributed by atoms with Gasteiger partial charge in [-0.2, -0.15) is 0 Å². The minimum absolute atomic E-state index is 0.0784. The summed E-state index contributed by atoms with van der Waals surface area (Å²) in [5.41, 5.74) is 4.98. The monoisotopic (exact) mass is 391 g/mol. The number of carbonyl (C=O) groups is 2. The van der Waals surface area contributed by atoms with E-state index in [1.54, 1.807) is 0 Å². The molecular weight excluding hydrogens is 366 g/mol. The van der Waals surface area contributed by atoms with E-state index in [9.17, 15) is 9.59 Å². The highest BCUT2D eigenvalue weighted by Crippen LogP contribution is 2.19. The van der Waals surface area contributed by atoms with Crippen LogP contribution in [0.5, 0.6) is 0 Å². The predicted octanol–water partition coefficient (Wildman–Crippen LogP) is 4.36. The highest BCUT2D eigenvalue weighted by molar-refractivity contribution is 5.71.